The Balaban J connectivity index is 1.78. The number of hydrogen-bond donors (Lipinski definition) is 0. The van der Waals surface area contributed by atoms with Gasteiger partial charge in [0.25, 0.3) is 0 Å². The smallest absolute Gasteiger partial charge is 0.195 e. The summed E-state index contributed by atoms with van der Waals surface area (Å²) in [4.78, 5) is 0. The van der Waals surface area contributed by atoms with Crippen LogP contribution in [0, 0.1) is 6.92 Å². The number of aromatic nitrogens is 3. The highest BCUT2D eigenvalue weighted by Crippen LogP contribution is 2.25. The van der Waals surface area contributed by atoms with Crippen molar-refractivity contribution in [1.29, 1.82) is 0 Å². The van der Waals surface area contributed by atoms with Crippen molar-refractivity contribution in [2.45, 2.75) is 17.8 Å². The standard InChI is InChI=1S/C17H17N3OS/c1-13-5-3-4-6-14(13)11-22-17-19-18-12-20(17)15-7-9-16(21-2)10-8-15/h3-10,12H,11H2,1-2H3. The lowest BCUT2D eigenvalue weighted by Crippen LogP contribution is -1.96. The fraction of sp³-hybridized carbons (Fsp3) is 0.176. The van der Waals surface area contributed by atoms with Gasteiger partial charge >= 0.3 is 0 Å². The van der Waals surface area contributed by atoms with Crippen LogP contribution in [0.3, 0.4) is 0 Å². The molecule has 0 unspecified atom stereocenters. The zero-order valence-corrected chi connectivity index (χ0v) is 13.4. The van der Waals surface area contributed by atoms with Crippen molar-refractivity contribution in [3.05, 3.63) is 66.0 Å². The molecule has 0 fully saturated rings. The number of rotatable bonds is 5. The van der Waals surface area contributed by atoms with Crippen molar-refractivity contribution in [2.24, 2.45) is 0 Å². The summed E-state index contributed by atoms with van der Waals surface area (Å²) < 4.78 is 7.18. The summed E-state index contributed by atoms with van der Waals surface area (Å²) in [6.45, 7) is 2.13. The Morgan fingerprint density at radius 3 is 2.59 bits per heavy atom. The molecule has 4 nitrogen and oxygen atoms in total. The third-order valence-corrected chi connectivity index (χ3v) is 4.48. The molecule has 0 spiro atoms. The second kappa shape index (κ2) is 6.66. The second-order valence-corrected chi connectivity index (χ2v) is 5.84. The van der Waals surface area contributed by atoms with Gasteiger partial charge < -0.3 is 4.74 Å². The fourth-order valence-electron chi connectivity index (χ4n) is 2.16. The molecule has 0 amide bonds. The van der Waals surface area contributed by atoms with Gasteiger partial charge in [-0.1, -0.05) is 36.0 Å². The Morgan fingerprint density at radius 1 is 1.09 bits per heavy atom. The van der Waals surface area contributed by atoms with Gasteiger partial charge in [0.05, 0.1) is 7.11 Å². The average Bonchev–Trinajstić information content (AvgIpc) is 3.03. The van der Waals surface area contributed by atoms with E-state index in [2.05, 4.69) is 41.4 Å². The first-order valence-corrected chi connectivity index (χ1v) is 7.98. The zero-order valence-electron chi connectivity index (χ0n) is 12.6. The van der Waals surface area contributed by atoms with Gasteiger partial charge in [-0.25, -0.2) is 0 Å². The highest BCUT2D eigenvalue weighted by Gasteiger charge is 2.08. The highest BCUT2D eigenvalue weighted by atomic mass is 32.2. The van der Waals surface area contributed by atoms with Crippen molar-refractivity contribution < 1.29 is 4.74 Å². The molecular weight excluding hydrogens is 294 g/mol. The molecule has 1 heterocycles. The topological polar surface area (TPSA) is 39.9 Å². The van der Waals surface area contributed by atoms with Crippen LogP contribution >= 0.6 is 11.8 Å². The van der Waals surface area contributed by atoms with E-state index < -0.39 is 0 Å². The first kappa shape index (κ1) is 14.7. The molecule has 3 rings (SSSR count). The number of ether oxygens (including phenoxy) is 1. The highest BCUT2D eigenvalue weighted by molar-refractivity contribution is 7.98. The monoisotopic (exact) mass is 311 g/mol. The van der Waals surface area contributed by atoms with E-state index in [0.29, 0.717) is 0 Å². The maximum absolute atomic E-state index is 5.19. The minimum atomic E-state index is 0.839. The minimum absolute atomic E-state index is 0.839. The van der Waals surface area contributed by atoms with Crippen LogP contribution in [-0.4, -0.2) is 21.9 Å². The third-order valence-electron chi connectivity index (χ3n) is 3.49. The molecular formula is C17H17N3OS. The van der Waals surface area contributed by atoms with Crippen LogP contribution in [0.2, 0.25) is 0 Å². The van der Waals surface area contributed by atoms with Gasteiger partial charge in [-0.15, -0.1) is 10.2 Å². The van der Waals surface area contributed by atoms with Crippen LogP contribution in [0.4, 0.5) is 0 Å². The molecule has 22 heavy (non-hydrogen) atoms. The minimum Gasteiger partial charge on any atom is -0.497 e. The fourth-order valence-corrected chi connectivity index (χ4v) is 3.16. The van der Waals surface area contributed by atoms with Crippen LogP contribution in [0.5, 0.6) is 5.75 Å². The summed E-state index contributed by atoms with van der Waals surface area (Å²) in [7, 11) is 1.66. The molecule has 1 aromatic heterocycles. The zero-order chi connectivity index (χ0) is 15.4. The van der Waals surface area contributed by atoms with E-state index in [9.17, 15) is 0 Å². The molecule has 0 aliphatic carbocycles. The number of methoxy groups -OCH3 is 1. The van der Waals surface area contributed by atoms with Gasteiger partial charge in [-0.2, -0.15) is 0 Å². The number of benzene rings is 2. The van der Waals surface area contributed by atoms with E-state index in [0.717, 1.165) is 22.3 Å². The van der Waals surface area contributed by atoms with E-state index in [1.165, 1.54) is 11.1 Å². The number of hydrogen-bond acceptors (Lipinski definition) is 4. The lowest BCUT2D eigenvalue weighted by molar-refractivity contribution is 0.414. The largest absolute Gasteiger partial charge is 0.497 e. The Morgan fingerprint density at radius 2 is 1.86 bits per heavy atom. The maximum atomic E-state index is 5.19. The van der Waals surface area contributed by atoms with Gasteiger partial charge in [0.1, 0.15) is 12.1 Å². The van der Waals surface area contributed by atoms with Crippen molar-refractivity contribution in [3.8, 4) is 11.4 Å². The normalized spacial score (nSPS) is 10.6. The molecule has 0 atom stereocenters. The summed E-state index contributed by atoms with van der Waals surface area (Å²) in [6, 6.07) is 16.3. The first-order valence-electron chi connectivity index (χ1n) is 6.99. The molecule has 0 saturated heterocycles. The van der Waals surface area contributed by atoms with E-state index in [1.807, 2.05) is 28.8 Å². The molecule has 3 aromatic rings. The van der Waals surface area contributed by atoms with Crippen molar-refractivity contribution in [2.75, 3.05) is 7.11 Å². The molecule has 2 aromatic carbocycles. The second-order valence-electron chi connectivity index (χ2n) is 4.90. The van der Waals surface area contributed by atoms with E-state index in [4.69, 9.17) is 4.74 Å². The number of nitrogens with zero attached hydrogens (tertiary/aromatic N) is 3. The summed E-state index contributed by atoms with van der Waals surface area (Å²) in [5.74, 6) is 1.72. The van der Waals surface area contributed by atoms with Gasteiger partial charge in [-0.05, 0) is 42.3 Å². The molecule has 0 aliphatic heterocycles. The third kappa shape index (κ3) is 3.14. The van der Waals surface area contributed by atoms with Crippen LogP contribution in [0.1, 0.15) is 11.1 Å². The van der Waals surface area contributed by atoms with Crippen LogP contribution < -0.4 is 4.74 Å². The number of thioether (sulfide) groups is 1. The van der Waals surface area contributed by atoms with Gasteiger partial charge in [-0.3, -0.25) is 4.57 Å². The Hall–Kier alpha value is -2.27. The van der Waals surface area contributed by atoms with E-state index >= 15 is 0 Å². The molecule has 0 aliphatic rings. The summed E-state index contributed by atoms with van der Waals surface area (Å²) in [5.41, 5.74) is 3.64. The van der Waals surface area contributed by atoms with Gasteiger partial charge in [0.15, 0.2) is 5.16 Å². The molecule has 112 valence electrons. The Bertz CT molecular complexity index is 753. The Labute approximate surface area is 134 Å². The van der Waals surface area contributed by atoms with Crippen LogP contribution in [0.15, 0.2) is 60.0 Å². The molecule has 0 radical (unpaired) electrons. The van der Waals surface area contributed by atoms with Crippen LogP contribution in [-0.2, 0) is 5.75 Å². The SMILES string of the molecule is COc1ccc(-n2cnnc2SCc2ccccc2C)cc1. The molecule has 0 saturated carbocycles. The molecule has 0 bridgehead atoms. The van der Waals surface area contributed by atoms with Crippen molar-refractivity contribution in [1.82, 2.24) is 14.8 Å². The maximum Gasteiger partial charge on any atom is 0.195 e. The molecule has 0 N–H and O–H groups in total. The van der Waals surface area contributed by atoms with Crippen molar-refractivity contribution in [3.63, 3.8) is 0 Å². The Kier molecular flexibility index (Phi) is 4.44. The first-order chi connectivity index (χ1) is 10.8. The summed E-state index contributed by atoms with van der Waals surface area (Å²) in [5, 5.41) is 9.14. The molecule has 5 heteroatoms. The number of aryl methyl sites for hydroxylation is 1. The van der Waals surface area contributed by atoms with Crippen LogP contribution in [0.25, 0.3) is 5.69 Å². The van der Waals surface area contributed by atoms with E-state index in [1.54, 1.807) is 25.2 Å². The summed E-state index contributed by atoms with van der Waals surface area (Å²) in [6.07, 6.45) is 1.74. The predicted molar refractivity (Wildman–Crippen MR) is 88.7 cm³/mol. The average molecular weight is 311 g/mol. The van der Waals surface area contributed by atoms with Crippen molar-refractivity contribution >= 4 is 11.8 Å². The summed E-state index contributed by atoms with van der Waals surface area (Å²) >= 11 is 1.68. The predicted octanol–water partition coefficient (Wildman–Crippen LogP) is 3.88. The van der Waals surface area contributed by atoms with Gasteiger partial charge in [0, 0.05) is 11.4 Å². The lowest BCUT2D eigenvalue weighted by atomic mass is 10.1. The van der Waals surface area contributed by atoms with E-state index in [-0.39, 0.29) is 0 Å². The van der Waals surface area contributed by atoms with Gasteiger partial charge in [0.2, 0.25) is 0 Å². The quantitative estimate of drug-likeness (QED) is 0.671. The lowest BCUT2D eigenvalue weighted by Gasteiger charge is -2.08.